The summed E-state index contributed by atoms with van der Waals surface area (Å²) in [5.74, 6) is 0. The molecule has 1 aromatic carbocycles. The first-order chi connectivity index (χ1) is 7.51. The molecule has 16 heavy (non-hydrogen) atoms. The summed E-state index contributed by atoms with van der Waals surface area (Å²) in [5.41, 5.74) is -1.10. The summed E-state index contributed by atoms with van der Waals surface area (Å²) in [5, 5.41) is 9.20. The highest BCUT2D eigenvalue weighted by atomic mass is 19.4. The third kappa shape index (κ3) is 1.52. The third-order valence-corrected chi connectivity index (χ3v) is 3.40. The Morgan fingerprint density at radius 3 is 2.56 bits per heavy atom. The highest BCUT2D eigenvalue weighted by Crippen LogP contribution is 2.48. The number of benzene rings is 1. The van der Waals surface area contributed by atoms with Crippen LogP contribution in [0.2, 0.25) is 0 Å². The topological polar surface area (TPSA) is 20.2 Å². The van der Waals surface area contributed by atoms with Crippen LogP contribution in [0.1, 0.15) is 24.0 Å². The zero-order valence-electron chi connectivity index (χ0n) is 8.72. The van der Waals surface area contributed by atoms with Crippen LogP contribution in [0.4, 0.5) is 13.2 Å². The third-order valence-electron chi connectivity index (χ3n) is 3.40. The largest absolute Gasteiger partial charge is 0.400 e. The van der Waals surface area contributed by atoms with E-state index >= 15 is 0 Å². The van der Waals surface area contributed by atoms with E-state index in [4.69, 9.17) is 0 Å². The second kappa shape index (κ2) is 3.77. The number of aryl methyl sites for hydroxylation is 1. The van der Waals surface area contributed by atoms with Gasteiger partial charge in [-0.05, 0) is 30.4 Å². The molecule has 0 spiro atoms. The van der Waals surface area contributed by atoms with Gasteiger partial charge in [0.1, 0.15) is 5.41 Å². The number of aliphatic hydroxyl groups is 1. The Morgan fingerprint density at radius 2 is 1.94 bits per heavy atom. The zero-order chi connectivity index (χ0) is 11.8. The Balaban J connectivity index is 2.58. The van der Waals surface area contributed by atoms with E-state index in [1.54, 1.807) is 18.2 Å². The van der Waals surface area contributed by atoms with Gasteiger partial charge in [-0.25, -0.2) is 0 Å². The molecule has 0 saturated heterocycles. The van der Waals surface area contributed by atoms with Crippen LogP contribution in [0.15, 0.2) is 24.3 Å². The molecular weight excluding hydrogens is 217 g/mol. The molecule has 0 heterocycles. The summed E-state index contributed by atoms with van der Waals surface area (Å²) < 4.78 is 39.3. The predicted molar refractivity (Wildman–Crippen MR) is 54.2 cm³/mol. The van der Waals surface area contributed by atoms with Crippen molar-refractivity contribution in [1.29, 1.82) is 0 Å². The first-order valence-corrected chi connectivity index (χ1v) is 5.27. The maximum absolute atomic E-state index is 13.1. The van der Waals surface area contributed by atoms with Crippen molar-refractivity contribution in [2.45, 2.75) is 30.9 Å². The lowest BCUT2D eigenvalue weighted by atomic mass is 9.70. The van der Waals surface area contributed by atoms with E-state index in [1.165, 1.54) is 6.07 Å². The molecule has 1 N–H and O–H groups in total. The molecule has 0 aromatic heterocycles. The van der Waals surface area contributed by atoms with Gasteiger partial charge >= 0.3 is 6.18 Å². The molecule has 0 unspecified atom stereocenters. The molecule has 1 aromatic rings. The average molecular weight is 230 g/mol. The summed E-state index contributed by atoms with van der Waals surface area (Å²) in [6, 6.07) is 6.53. The summed E-state index contributed by atoms with van der Waals surface area (Å²) in [6.45, 7) is -0.868. The number of aliphatic hydroxyl groups excluding tert-OH is 1. The average Bonchev–Trinajstić information content (AvgIpc) is 2.26. The van der Waals surface area contributed by atoms with Crippen molar-refractivity contribution in [1.82, 2.24) is 0 Å². The molecule has 4 heteroatoms. The second-order valence-electron chi connectivity index (χ2n) is 4.25. The Labute approximate surface area is 91.9 Å². The fourth-order valence-electron chi connectivity index (χ4n) is 2.47. The molecule has 0 radical (unpaired) electrons. The molecule has 0 fully saturated rings. The van der Waals surface area contributed by atoms with Crippen LogP contribution in [0.5, 0.6) is 0 Å². The monoisotopic (exact) mass is 230 g/mol. The fraction of sp³-hybridized carbons (Fsp3) is 0.500. The van der Waals surface area contributed by atoms with E-state index in [1.807, 2.05) is 0 Å². The van der Waals surface area contributed by atoms with Gasteiger partial charge in [-0.3, -0.25) is 0 Å². The normalized spacial score (nSPS) is 25.2. The standard InChI is InChI=1S/C12H13F3O/c13-12(14,15)11(8-16)7-3-5-9-4-1-2-6-10(9)11/h1-2,4,6,16H,3,5,7-8H2/t11-/m0/s1. The van der Waals surface area contributed by atoms with Crippen LogP contribution < -0.4 is 0 Å². The zero-order valence-corrected chi connectivity index (χ0v) is 8.72. The van der Waals surface area contributed by atoms with Crippen molar-refractivity contribution >= 4 is 0 Å². The molecule has 0 saturated carbocycles. The lowest BCUT2D eigenvalue weighted by molar-refractivity contribution is -0.205. The van der Waals surface area contributed by atoms with Gasteiger partial charge in [-0.15, -0.1) is 0 Å². The van der Waals surface area contributed by atoms with Crippen molar-refractivity contribution in [3.05, 3.63) is 35.4 Å². The number of hydrogen-bond donors (Lipinski definition) is 1. The Bertz CT molecular complexity index is 386. The highest BCUT2D eigenvalue weighted by molar-refractivity contribution is 5.38. The Kier molecular flexibility index (Phi) is 2.70. The quantitative estimate of drug-likeness (QED) is 0.786. The molecule has 0 aliphatic heterocycles. The molecular formula is C12H13F3O. The summed E-state index contributed by atoms with van der Waals surface area (Å²) in [6.07, 6.45) is -3.28. The van der Waals surface area contributed by atoms with Crippen LogP contribution in [0, 0.1) is 0 Å². The highest BCUT2D eigenvalue weighted by Gasteiger charge is 2.56. The van der Waals surface area contributed by atoms with Crippen LogP contribution in [-0.2, 0) is 11.8 Å². The van der Waals surface area contributed by atoms with Crippen molar-refractivity contribution < 1.29 is 18.3 Å². The Hall–Kier alpha value is -1.03. The molecule has 88 valence electrons. The lowest BCUT2D eigenvalue weighted by Gasteiger charge is -2.39. The van der Waals surface area contributed by atoms with Crippen LogP contribution in [0.25, 0.3) is 0 Å². The molecule has 1 atom stereocenters. The van der Waals surface area contributed by atoms with Crippen molar-refractivity contribution in [3.63, 3.8) is 0 Å². The molecule has 2 rings (SSSR count). The van der Waals surface area contributed by atoms with Crippen molar-refractivity contribution in [3.8, 4) is 0 Å². The van der Waals surface area contributed by atoms with Crippen LogP contribution >= 0.6 is 0 Å². The number of halogens is 3. The van der Waals surface area contributed by atoms with Gasteiger partial charge in [-0.1, -0.05) is 24.3 Å². The van der Waals surface area contributed by atoms with E-state index < -0.39 is 18.2 Å². The minimum atomic E-state index is -4.39. The Morgan fingerprint density at radius 1 is 1.25 bits per heavy atom. The van der Waals surface area contributed by atoms with Gasteiger partial charge in [0.15, 0.2) is 0 Å². The fourth-order valence-corrected chi connectivity index (χ4v) is 2.47. The maximum Gasteiger partial charge on any atom is 0.400 e. The van der Waals surface area contributed by atoms with Crippen molar-refractivity contribution in [2.75, 3.05) is 6.61 Å². The SMILES string of the molecule is OC[C@@]1(C(F)(F)F)CCCc2ccccc21. The maximum atomic E-state index is 13.1. The van der Waals surface area contributed by atoms with Gasteiger partial charge < -0.3 is 5.11 Å². The van der Waals surface area contributed by atoms with Gasteiger partial charge in [0, 0.05) is 0 Å². The smallest absolute Gasteiger partial charge is 0.395 e. The minimum absolute atomic E-state index is 0.0238. The predicted octanol–water partition coefficient (Wildman–Crippen LogP) is 2.82. The first-order valence-electron chi connectivity index (χ1n) is 5.27. The number of alkyl halides is 3. The molecule has 0 amide bonds. The van der Waals surface area contributed by atoms with Gasteiger partial charge in [0.25, 0.3) is 0 Å². The van der Waals surface area contributed by atoms with E-state index in [0.29, 0.717) is 18.4 Å². The van der Waals surface area contributed by atoms with E-state index in [-0.39, 0.29) is 12.0 Å². The van der Waals surface area contributed by atoms with Gasteiger partial charge in [0.05, 0.1) is 6.61 Å². The summed E-state index contributed by atoms with van der Waals surface area (Å²) >= 11 is 0. The summed E-state index contributed by atoms with van der Waals surface area (Å²) in [7, 11) is 0. The second-order valence-corrected chi connectivity index (χ2v) is 4.25. The van der Waals surface area contributed by atoms with Gasteiger partial charge in [-0.2, -0.15) is 13.2 Å². The molecule has 1 aliphatic rings. The van der Waals surface area contributed by atoms with Gasteiger partial charge in [0.2, 0.25) is 0 Å². The van der Waals surface area contributed by atoms with E-state index in [2.05, 4.69) is 0 Å². The van der Waals surface area contributed by atoms with Crippen molar-refractivity contribution in [2.24, 2.45) is 0 Å². The van der Waals surface area contributed by atoms with Crippen LogP contribution in [0.3, 0.4) is 0 Å². The van der Waals surface area contributed by atoms with Crippen LogP contribution in [-0.4, -0.2) is 17.9 Å². The number of fused-ring (bicyclic) bond motifs is 1. The number of rotatable bonds is 1. The molecule has 1 aliphatic carbocycles. The lowest BCUT2D eigenvalue weighted by Crippen LogP contribution is -2.47. The first kappa shape index (κ1) is 11.5. The van der Waals surface area contributed by atoms with E-state index in [0.717, 1.165) is 0 Å². The van der Waals surface area contributed by atoms with E-state index in [9.17, 15) is 18.3 Å². The molecule has 0 bridgehead atoms. The molecule has 1 nitrogen and oxygen atoms in total. The minimum Gasteiger partial charge on any atom is -0.395 e. The number of hydrogen-bond acceptors (Lipinski definition) is 1. The summed E-state index contributed by atoms with van der Waals surface area (Å²) in [4.78, 5) is 0.